The lowest BCUT2D eigenvalue weighted by Gasteiger charge is -2.24. The van der Waals surface area contributed by atoms with Crippen LogP contribution < -0.4 is 10.0 Å². The normalized spacial score (nSPS) is 27.4. The van der Waals surface area contributed by atoms with Crippen LogP contribution in [0.5, 0.6) is 0 Å². The maximum absolute atomic E-state index is 13.4. The first-order valence-electron chi connectivity index (χ1n) is 14.2. The number of nitrogens with one attached hydrogen (secondary N) is 2. The number of ether oxygens (including phenoxy) is 2. The summed E-state index contributed by atoms with van der Waals surface area (Å²) in [7, 11) is 0.400. The van der Waals surface area contributed by atoms with Crippen LogP contribution in [0.1, 0.15) is 79.6 Å². The van der Waals surface area contributed by atoms with Gasteiger partial charge in [0.2, 0.25) is 15.9 Å². The third-order valence-electron chi connectivity index (χ3n) is 7.73. The molecule has 2 aliphatic rings. The summed E-state index contributed by atoms with van der Waals surface area (Å²) in [6.07, 6.45) is 8.09. The molecule has 1 aliphatic carbocycles. The van der Waals surface area contributed by atoms with Crippen molar-refractivity contribution in [3.63, 3.8) is 0 Å². The second kappa shape index (κ2) is 14.5. The van der Waals surface area contributed by atoms with Crippen molar-refractivity contribution < 1.29 is 37.1 Å². The Labute approximate surface area is 247 Å². The van der Waals surface area contributed by atoms with Gasteiger partial charge < -0.3 is 14.8 Å². The van der Waals surface area contributed by atoms with Crippen LogP contribution in [-0.4, -0.2) is 80.4 Å². The van der Waals surface area contributed by atoms with Gasteiger partial charge in [-0.2, -0.15) is 0 Å². The molecule has 41 heavy (non-hydrogen) atoms. The first kappa shape index (κ1) is 35.3. The predicted octanol–water partition coefficient (Wildman–Crippen LogP) is 3.14. The van der Waals surface area contributed by atoms with Crippen LogP contribution in [0.15, 0.2) is 12.2 Å². The predicted molar refractivity (Wildman–Crippen MR) is 159 cm³/mol. The number of hydrogen-bond acceptors (Lipinski definition) is 9. The van der Waals surface area contributed by atoms with Crippen LogP contribution in [0.25, 0.3) is 0 Å². The fraction of sp³-hybridized carbons (Fsp3) is 0.786. The highest BCUT2D eigenvalue weighted by atomic mass is 32.2. The summed E-state index contributed by atoms with van der Waals surface area (Å²) >= 11 is 0. The van der Waals surface area contributed by atoms with E-state index in [1.807, 2.05) is 23.7 Å². The maximum Gasteiger partial charge on any atom is 0.408 e. The quantitative estimate of drug-likeness (QED) is 0.161. The molecule has 0 spiro atoms. The summed E-state index contributed by atoms with van der Waals surface area (Å²) in [5.74, 6) is -1.17. The van der Waals surface area contributed by atoms with Gasteiger partial charge in [0.1, 0.15) is 5.60 Å². The number of carbonyl (C=O) groups excluding carboxylic acids is 4. The average Bonchev–Trinajstić information content (AvgIpc) is 3.43. The molecule has 2 rings (SSSR count). The average molecular weight is 618 g/mol. The molecule has 7 atom stereocenters. The molecule has 0 bridgehead atoms. The summed E-state index contributed by atoms with van der Waals surface area (Å²) in [6.45, 7) is 9.24. The Balaban J connectivity index is 1.91. The second-order valence-electron chi connectivity index (χ2n) is 12.5. The number of amides is 2. The fourth-order valence-corrected chi connectivity index (χ4v) is 6.64. The Morgan fingerprint density at radius 3 is 2.37 bits per heavy atom. The molecule has 0 aromatic rings. The van der Waals surface area contributed by atoms with Gasteiger partial charge in [0.25, 0.3) is 0 Å². The standard InChI is InChI=1S/C28H48N3O8PS/c1-18-23(38-6)17-31(40)24(18)22(33)16-28(25(34)30-41(7,36)37)15-20(28)13-11-9-8-10-12-14-21(19(2)32)29-26(35)39-27(3,4)5/h11,13,18,20-21,23-24H,8-10,12,14-17,40H2,1-7H3,(H,29,35)(H,30,34)/b13-11-/t18?,20-,21+,23+,24+,28-/m1/s1. The van der Waals surface area contributed by atoms with E-state index in [1.54, 1.807) is 27.9 Å². The van der Waals surface area contributed by atoms with Crippen LogP contribution in [0.4, 0.5) is 4.79 Å². The third kappa shape index (κ3) is 10.7. The first-order chi connectivity index (χ1) is 18.9. The van der Waals surface area contributed by atoms with Gasteiger partial charge in [-0.3, -0.25) is 23.8 Å². The van der Waals surface area contributed by atoms with Crippen molar-refractivity contribution in [3.05, 3.63) is 12.2 Å². The van der Waals surface area contributed by atoms with Crippen molar-refractivity contribution in [2.45, 2.75) is 103 Å². The van der Waals surface area contributed by atoms with E-state index >= 15 is 0 Å². The van der Waals surface area contributed by atoms with Gasteiger partial charge in [0.05, 0.1) is 29.9 Å². The van der Waals surface area contributed by atoms with Crippen LogP contribution in [0, 0.1) is 17.3 Å². The van der Waals surface area contributed by atoms with Crippen molar-refractivity contribution in [2.75, 3.05) is 19.9 Å². The number of sulfonamides is 1. The molecule has 2 N–H and O–H groups in total. The molecule has 2 amide bonds. The van der Waals surface area contributed by atoms with Gasteiger partial charge in [-0.1, -0.05) is 41.3 Å². The van der Waals surface area contributed by atoms with E-state index in [4.69, 9.17) is 9.47 Å². The summed E-state index contributed by atoms with van der Waals surface area (Å²) < 4.78 is 38.3. The molecule has 11 nitrogen and oxygen atoms in total. The zero-order valence-electron chi connectivity index (χ0n) is 25.4. The number of ketones is 2. The molecule has 1 saturated heterocycles. The van der Waals surface area contributed by atoms with E-state index in [9.17, 15) is 27.6 Å². The summed E-state index contributed by atoms with van der Waals surface area (Å²) in [5.41, 5.74) is -1.73. The van der Waals surface area contributed by atoms with Crippen molar-refractivity contribution in [1.29, 1.82) is 0 Å². The summed E-state index contributed by atoms with van der Waals surface area (Å²) in [5, 5.41) is 2.64. The van der Waals surface area contributed by atoms with E-state index in [-0.39, 0.29) is 35.9 Å². The van der Waals surface area contributed by atoms with Crippen molar-refractivity contribution in [3.8, 4) is 0 Å². The van der Waals surface area contributed by atoms with E-state index < -0.39 is 45.1 Å². The summed E-state index contributed by atoms with van der Waals surface area (Å²) in [4.78, 5) is 50.4. The van der Waals surface area contributed by atoms with Gasteiger partial charge in [0, 0.05) is 26.0 Å². The van der Waals surface area contributed by atoms with Crippen molar-refractivity contribution in [2.24, 2.45) is 17.3 Å². The smallest absolute Gasteiger partial charge is 0.408 e. The van der Waals surface area contributed by atoms with Crippen LogP contribution >= 0.6 is 9.39 Å². The minimum Gasteiger partial charge on any atom is -0.444 e. The molecular weight excluding hydrogens is 569 g/mol. The van der Waals surface area contributed by atoms with Gasteiger partial charge in [-0.25, -0.2) is 13.2 Å². The van der Waals surface area contributed by atoms with Crippen molar-refractivity contribution >= 4 is 43.0 Å². The number of allylic oxidation sites excluding steroid dienone is 2. The SMILES string of the molecule is CO[C@H]1CN(P)[C@H](C(=O)C[C@]2(C(=O)NS(C)(=O)=O)C[C@H]2/C=C\CCCCC[C@H](NC(=O)OC(C)(C)C)C(C)=O)C1C. The zero-order chi connectivity index (χ0) is 31.2. The number of alkyl carbamates (subject to hydrolysis) is 1. The molecule has 234 valence electrons. The monoisotopic (exact) mass is 617 g/mol. The molecule has 1 heterocycles. The highest BCUT2D eigenvalue weighted by Gasteiger charge is 2.61. The topological polar surface area (TPSA) is 148 Å². The molecule has 2 unspecified atom stereocenters. The van der Waals surface area contributed by atoms with Crippen LogP contribution in [-0.2, 0) is 33.9 Å². The Bertz CT molecular complexity index is 1110. The second-order valence-corrected chi connectivity index (χ2v) is 14.9. The van der Waals surface area contributed by atoms with Gasteiger partial charge in [-0.05, 0) is 59.3 Å². The highest BCUT2D eigenvalue weighted by Crippen LogP contribution is 2.57. The number of nitrogens with zero attached hydrogens (tertiary/aromatic N) is 1. The number of unbranched alkanes of at least 4 members (excludes halogenated alkanes) is 3. The van der Waals surface area contributed by atoms with Gasteiger partial charge in [-0.15, -0.1) is 0 Å². The Hall–Kier alpha value is -1.88. The third-order valence-corrected chi connectivity index (χ3v) is 8.82. The Morgan fingerprint density at radius 1 is 1.17 bits per heavy atom. The van der Waals surface area contributed by atoms with Crippen LogP contribution in [0.3, 0.4) is 0 Å². The number of rotatable bonds is 15. The number of methoxy groups -OCH3 is 1. The number of carbonyl (C=O) groups is 4. The molecule has 0 aromatic heterocycles. The first-order valence-corrected chi connectivity index (χ1v) is 16.6. The van der Waals surface area contributed by atoms with E-state index in [0.717, 1.165) is 31.9 Å². The highest BCUT2D eigenvalue weighted by molar-refractivity contribution is 7.89. The molecule has 13 heteroatoms. The number of Topliss-reactive ketones (excluding diaryl/α,β-unsaturated/α-hetero) is 2. The van der Waals surface area contributed by atoms with Crippen LogP contribution in [0.2, 0.25) is 0 Å². The lowest BCUT2D eigenvalue weighted by atomic mass is 9.88. The molecule has 1 aliphatic heterocycles. The van der Waals surface area contributed by atoms with Gasteiger partial charge >= 0.3 is 6.09 Å². The molecule has 1 saturated carbocycles. The zero-order valence-corrected chi connectivity index (χ0v) is 27.4. The molecular formula is C28H48N3O8PS. The Morgan fingerprint density at radius 2 is 1.83 bits per heavy atom. The number of hydrogen-bond donors (Lipinski definition) is 2. The Kier molecular flexibility index (Phi) is 12.5. The molecule has 0 aromatic carbocycles. The molecule has 0 radical (unpaired) electrons. The van der Waals surface area contributed by atoms with Crippen molar-refractivity contribution in [1.82, 2.24) is 14.7 Å². The summed E-state index contributed by atoms with van der Waals surface area (Å²) in [6, 6.07) is -1.03. The van der Waals surface area contributed by atoms with Gasteiger partial charge in [0.15, 0.2) is 11.6 Å². The molecule has 2 fully saturated rings. The lowest BCUT2D eigenvalue weighted by molar-refractivity contribution is -0.131. The minimum atomic E-state index is -3.77. The van der Waals surface area contributed by atoms with E-state index in [2.05, 4.69) is 19.4 Å². The van der Waals surface area contributed by atoms with E-state index in [0.29, 0.717) is 19.4 Å². The maximum atomic E-state index is 13.4. The van der Waals surface area contributed by atoms with E-state index in [1.165, 1.54) is 6.92 Å². The minimum absolute atomic E-state index is 0.0449. The largest absolute Gasteiger partial charge is 0.444 e. The fourth-order valence-electron chi connectivity index (χ4n) is 5.45. The lowest BCUT2D eigenvalue weighted by Crippen LogP contribution is -2.42.